The highest BCUT2D eigenvalue weighted by atomic mass is 16.5. The Labute approximate surface area is 240 Å². The Balaban J connectivity index is 1.69. The van der Waals surface area contributed by atoms with E-state index in [1.54, 1.807) is 97.1 Å². The van der Waals surface area contributed by atoms with Crippen LogP contribution in [0.3, 0.4) is 0 Å². The average Bonchev–Trinajstić information content (AvgIpc) is 2.93. The maximum atomic E-state index is 12.7. The van der Waals surface area contributed by atoms with Crippen molar-refractivity contribution in [1.29, 1.82) is 0 Å². The normalized spacial score (nSPS) is 17.1. The SMILES string of the molecule is CC1=CC(Cc2ccc(O)cc2)(Cc2ccc(O)cc2)C(O)(O)C(Cc2ccc(O)cc2)(Cc2ccc(O)cc2)C1. The Hall–Kier alpha value is -4.26. The van der Waals surface area contributed by atoms with E-state index in [-0.39, 0.29) is 35.8 Å². The molecule has 0 amide bonds. The standard InChI is InChI=1S/C35H36O6/c1-24-18-33(20-25-2-10-29(36)11-3-25,21-26-4-12-30(37)13-5-26)35(40,41)34(19-24,22-27-6-14-31(38)15-7-27)23-28-8-16-32(39)17-9-28/h2-18,36-41H,19-23H2,1H3. The molecule has 0 unspecified atom stereocenters. The van der Waals surface area contributed by atoms with E-state index in [0.717, 1.165) is 27.8 Å². The first-order valence-corrected chi connectivity index (χ1v) is 13.7. The van der Waals surface area contributed by atoms with Crippen LogP contribution in [0.25, 0.3) is 0 Å². The van der Waals surface area contributed by atoms with Crippen LogP contribution in [0.1, 0.15) is 35.6 Å². The van der Waals surface area contributed by atoms with Crippen LogP contribution in [0.5, 0.6) is 23.0 Å². The van der Waals surface area contributed by atoms with Crippen LogP contribution in [0.2, 0.25) is 0 Å². The summed E-state index contributed by atoms with van der Waals surface area (Å²) in [5.41, 5.74) is 2.12. The molecular formula is C35H36O6. The number of phenols is 4. The molecule has 6 nitrogen and oxygen atoms in total. The quantitative estimate of drug-likeness (QED) is 0.122. The molecule has 4 aromatic rings. The van der Waals surface area contributed by atoms with Gasteiger partial charge in [-0.05, 0) is 110 Å². The van der Waals surface area contributed by atoms with Gasteiger partial charge in [-0.1, -0.05) is 60.2 Å². The number of hydrogen-bond donors (Lipinski definition) is 6. The van der Waals surface area contributed by atoms with Gasteiger partial charge in [0, 0.05) is 5.41 Å². The number of phenolic OH excluding ortho intramolecular Hbond substituents is 4. The van der Waals surface area contributed by atoms with Gasteiger partial charge in [-0.15, -0.1) is 0 Å². The van der Waals surface area contributed by atoms with Crippen molar-refractivity contribution in [2.45, 2.75) is 44.8 Å². The number of benzene rings is 4. The van der Waals surface area contributed by atoms with Gasteiger partial charge in [-0.3, -0.25) is 0 Å². The Morgan fingerprint density at radius 2 is 0.780 bits per heavy atom. The van der Waals surface area contributed by atoms with Gasteiger partial charge in [-0.2, -0.15) is 0 Å². The summed E-state index contributed by atoms with van der Waals surface area (Å²) in [6, 6.07) is 27.2. The summed E-state index contributed by atoms with van der Waals surface area (Å²) >= 11 is 0. The molecule has 0 saturated heterocycles. The summed E-state index contributed by atoms with van der Waals surface area (Å²) in [6.07, 6.45) is 3.60. The largest absolute Gasteiger partial charge is 0.508 e. The molecule has 1 aliphatic carbocycles. The Bertz CT molecular complexity index is 1410. The molecule has 0 heterocycles. The number of aromatic hydroxyl groups is 4. The lowest BCUT2D eigenvalue weighted by atomic mass is 9.52. The molecule has 1 aliphatic rings. The zero-order chi connectivity index (χ0) is 29.3. The minimum Gasteiger partial charge on any atom is -0.508 e. The molecule has 5 rings (SSSR count). The van der Waals surface area contributed by atoms with Crippen molar-refractivity contribution >= 4 is 0 Å². The van der Waals surface area contributed by atoms with Gasteiger partial charge in [0.05, 0.1) is 5.41 Å². The molecule has 4 aromatic carbocycles. The molecule has 0 spiro atoms. The number of aliphatic hydroxyl groups is 2. The minimum atomic E-state index is -2.24. The smallest absolute Gasteiger partial charge is 0.179 e. The second kappa shape index (κ2) is 11.0. The van der Waals surface area contributed by atoms with E-state index in [4.69, 9.17) is 0 Å². The fourth-order valence-electron chi connectivity index (χ4n) is 6.62. The molecule has 0 radical (unpaired) electrons. The molecule has 212 valence electrons. The first-order valence-electron chi connectivity index (χ1n) is 13.7. The van der Waals surface area contributed by atoms with Gasteiger partial charge in [0.2, 0.25) is 0 Å². The lowest BCUT2D eigenvalue weighted by Gasteiger charge is -2.57. The molecule has 6 heteroatoms. The van der Waals surface area contributed by atoms with Crippen molar-refractivity contribution in [2.75, 3.05) is 0 Å². The first kappa shape index (κ1) is 28.3. The maximum Gasteiger partial charge on any atom is 0.179 e. The number of allylic oxidation sites excluding steroid dienone is 1. The van der Waals surface area contributed by atoms with Crippen molar-refractivity contribution in [3.63, 3.8) is 0 Å². The molecule has 0 saturated carbocycles. The third-order valence-electron chi connectivity index (χ3n) is 8.44. The molecule has 6 N–H and O–H groups in total. The summed E-state index contributed by atoms with van der Waals surface area (Å²) in [5.74, 6) is -1.72. The van der Waals surface area contributed by atoms with Gasteiger partial charge in [0.1, 0.15) is 23.0 Å². The van der Waals surface area contributed by atoms with Gasteiger partial charge >= 0.3 is 0 Å². The van der Waals surface area contributed by atoms with E-state index in [1.165, 1.54) is 0 Å². The maximum absolute atomic E-state index is 12.7. The van der Waals surface area contributed by atoms with Crippen LogP contribution in [0.4, 0.5) is 0 Å². The molecule has 0 atom stereocenters. The van der Waals surface area contributed by atoms with Gasteiger partial charge in [-0.25, -0.2) is 0 Å². The van der Waals surface area contributed by atoms with Gasteiger partial charge in [0.25, 0.3) is 0 Å². The van der Waals surface area contributed by atoms with Crippen LogP contribution in [-0.2, 0) is 25.7 Å². The highest BCUT2D eigenvalue weighted by molar-refractivity contribution is 5.38. The van der Waals surface area contributed by atoms with Crippen LogP contribution in [0, 0.1) is 10.8 Å². The lowest BCUT2D eigenvalue weighted by molar-refractivity contribution is -0.305. The molecular weight excluding hydrogens is 516 g/mol. The zero-order valence-electron chi connectivity index (χ0n) is 23.0. The van der Waals surface area contributed by atoms with E-state index in [2.05, 4.69) is 0 Å². The number of hydrogen-bond acceptors (Lipinski definition) is 6. The second-order valence-electron chi connectivity index (χ2n) is 11.6. The van der Waals surface area contributed by atoms with Gasteiger partial charge in [0.15, 0.2) is 5.79 Å². The molecule has 0 bridgehead atoms. The van der Waals surface area contributed by atoms with E-state index in [9.17, 15) is 30.6 Å². The monoisotopic (exact) mass is 552 g/mol. The summed E-state index contributed by atoms with van der Waals surface area (Å²) in [4.78, 5) is 0. The molecule has 0 fully saturated rings. The van der Waals surface area contributed by atoms with E-state index in [1.807, 2.05) is 13.0 Å². The van der Waals surface area contributed by atoms with E-state index < -0.39 is 16.6 Å². The average molecular weight is 553 g/mol. The van der Waals surface area contributed by atoms with E-state index >= 15 is 0 Å². The predicted molar refractivity (Wildman–Crippen MR) is 158 cm³/mol. The highest BCUT2D eigenvalue weighted by Crippen LogP contribution is 2.57. The van der Waals surface area contributed by atoms with Crippen LogP contribution < -0.4 is 0 Å². The van der Waals surface area contributed by atoms with Crippen molar-refractivity contribution in [3.8, 4) is 23.0 Å². The topological polar surface area (TPSA) is 121 Å². The van der Waals surface area contributed by atoms with Crippen molar-refractivity contribution in [1.82, 2.24) is 0 Å². The zero-order valence-corrected chi connectivity index (χ0v) is 23.0. The Morgan fingerprint density at radius 1 is 0.488 bits per heavy atom. The van der Waals surface area contributed by atoms with Crippen molar-refractivity contribution in [3.05, 3.63) is 131 Å². The number of rotatable bonds is 8. The fourth-order valence-corrected chi connectivity index (χ4v) is 6.62. The minimum absolute atomic E-state index is 0.130. The molecule has 41 heavy (non-hydrogen) atoms. The summed E-state index contributed by atoms with van der Waals surface area (Å²) < 4.78 is 0. The van der Waals surface area contributed by atoms with Crippen LogP contribution in [0.15, 0.2) is 109 Å². The first-order chi connectivity index (χ1) is 19.5. The fraction of sp³-hybridized carbons (Fsp3) is 0.257. The lowest BCUT2D eigenvalue weighted by Crippen LogP contribution is -2.64. The van der Waals surface area contributed by atoms with Crippen LogP contribution in [-0.4, -0.2) is 36.4 Å². The summed E-state index contributed by atoms with van der Waals surface area (Å²) in [6.45, 7) is 2.01. The Kier molecular flexibility index (Phi) is 7.56. The third-order valence-corrected chi connectivity index (χ3v) is 8.44. The van der Waals surface area contributed by atoms with E-state index in [0.29, 0.717) is 19.3 Å². The predicted octanol–water partition coefficient (Wildman–Crippen LogP) is 5.78. The highest BCUT2D eigenvalue weighted by Gasteiger charge is 2.62. The summed E-state index contributed by atoms with van der Waals surface area (Å²) in [7, 11) is 0. The van der Waals surface area contributed by atoms with Crippen molar-refractivity contribution in [2.24, 2.45) is 10.8 Å². The van der Waals surface area contributed by atoms with Crippen LogP contribution >= 0.6 is 0 Å². The van der Waals surface area contributed by atoms with Gasteiger partial charge < -0.3 is 30.6 Å². The van der Waals surface area contributed by atoms with Crippen molar-refractivity contribution < 1.29 is 30.6 Å². The molecule has 0 aromatic heterocycles. The Morgan fingerprint density at radius 3 is 1.10 bits per heavy atom. The summed E-state index contributed by atoms with van der Waals surface area (Å²) in [5, 5.41) is 65.0. The molecule has 0 aliphatic heterocycles. The third kappa shape index (κ3) is 5.80. The second-order valence-corrected chi connectivity index (χ2v) is 11.6.